The van der Waals surface area contributed by atoms with Crippen LogP contribution in [0.3, 0.4) is 0 Å². The van der Waals surface area contributed by atoms with Crippen molar-refractivity contribution in [2.45, 2.75) is 4.34 Å². The maximum absolute atomic E-state index is 12.3. The number of anilines is 2. The van der Waals surface area contributed by atoms with Gasteiger partial charge in [0.2, 0.25) is 11.0 Å². The summed E-state index contributed by atoms with van der Waals surface area (Å²) in [5.74, 6) is 0.678. The van der Waals surface area contributed by atoms with Gasteiger partial charge >= 0.3 is 0 Å². The lowest BCUT2D eigenvalue weighted by Gasteiger charge is -2.11. The topological polar surface area (TPSA) is 102 Å². The number of hydrogen-bond donors (Lipinski definition) is 2. The quantitative estimate of drug-likeness (QED) is 0.380. The molecule has 0 aliphatic carbocycles. The van der Waals surface area contributed by atoms with E-state index >= 15 is 0 Å². The number of halogens is 1. The molecule has 0 saturated heterocycles. The van der Waals surface area contributed by atoms with Crippen molar-refractivity contribution in [3.8, 4) is 11.5 Å². The molecule has 1 heterocycles. The number of methoxy groups -OCH3 is 2. The zero-order valence-electron chi connectivity index (χ0n) is 16.0. The third kappa shape index (κ3) is 5.85. The summed E-state index contributed by atoms with van der Waals surface area (Å²) >= 11 is 8.21. The number of aromatic nitrogens is 2. The van der Waals surface area contributed by atoms with E-state index in [1.54, 1.807) is 49.6 Å². The van der Waals surface area contributed by atoms with Gasteiger partial charge in [0.1, 0.15) is 11.5 Å². The van der Waals surface area contributed by atoms with Crippen molar-refractivity contribution in [1.82, 2.24) is 10.2 Å². The maximum Gasteiger partial charge on any atom is 0.257 e. The van der Waals surface area contributed by atoms with Gasteiger partial charge in [-0.3, -0.25) is 14.9 Å². The summed E-state index contributed by atoms with van der Waals surface area (Å²) in [4.78, 5) is 24.5. The molecule has 11 heteroatoms. The van der Waals surface area contributed by atoms with Crippen molar-refractivity contribution in [3.63, 3.8) is 0 Å². The van der Waals surface area contributed by atoms with Gasteiger partial charge in [0.05, 0.1) is 25.7 Å². The van der Waals surface area contributed by atoms with Crippen molar-refractivity contribution in [2.75, 3.05) is 30.6 Å². The first kappa shape index (κ1) is 21.9. The third-order valence-corrected chi connectivity index (χ3v) is 5.96. The second-order valence-corrected chi connectivity index (χ2v) is 8.37. The van der Waals surface area contributed by atoms with E-state index in [4.69, 9.17) is 21.1 Å². The normalized spacial score (nSPS) is 10.4. The van der Waals surface area contributed by atoms with Gasteiger partial charge in [-0.05, 0) is 36.4 Å². The fraction of sp³-hybridized carbons (Fsp3) is 0.158. The first-order valence-electron chi connectivity index (χ1n) is 8.53. The van der Waals surface area contributed by atoms with Gasteiger partial charge in [-0.1, -0.05) is 34.7 Å². The first-order chi connectivity index (χ1) is 14.5. The van der Waals surface area contributed by atoms with Gasteiger partial charge in [-0.2, -0.15) is 0 Å². The van der Waals surface area contributed by atoms with Gasteiger partial charge in [-0.15, -0.1) is 10.2 Å². The van der Waals surface area contributed by atoms with E-state index in [1.165, 1.54) is 30.2 Å². The molecular formula is C19H17ClN4O4S2. The second kappa shape index (κ2) is 10.3. The molecule has 0 unspecified atom stereocenters. The van der Waals surface area contributed by atoms with Crippen LogP contribution in [-0.4, -0.2) is 42.0 Å². The highest BCUT2D eigenvalue weighted by molar-refractivity contribution is 8.01. The minimum absolute atomic E-state index is 0.111. The molecule has 8 nitrogen and oxygen atoms in total. The number of nitrogens with one attached hydrogen (secondary N) is 2. The Labute approximate surface area is 185 Å². The number of carbonyl (C=O) groups excluding carboxylic acids is 2. The number of ether oxygens (including phenoxy) is 2. The van der Waals surface area contributed by atoms with Crippen LogP contribution >= 0.6 is 34.7 Å². The highest BCUT2D eigenvalue weighted by atomic mass is 35.5. The largest absolute Gasteiger partial charge is 0.497 e. The van der Waals surface area contributed by atoms with Crippen LogP contribution < -0.4 is 20.1 Å². The molecule has 156 valence electrons. The summed E-state index contributed by atoms with van der Waals surface area (Å²) in [6, 6.07) is 11.6. The van der Waals surface area contributed by atoms with Gasteiger partial charge in [-0.25, -0.2) is 0 Å². The molecule has 0 radical (unpaired) electrons. The maximum atomic E-state index is 12.3. The van der Waals surface area contributed by atoms with Crippen LogP contribution in [-0.2, 0) is 4.79 Å². The Balaban J connectivity index is 1.54. The summed E-state index contributed by atoms with van der Waals surface area (Å²) in [7, 11) is 3.06. The summed E-state index contributed by atoms with van der Waals surface area (Å²) in [6.45, 7) is 0. The van der Waals surface area contributed by atoms with Crippen molar-refractivity contribution in [3.05, 3.63) is 53.1 Å². The highest BCUT2D eigenvalue weighted by Gasteiger charge is 2.13. The summed E-state index contributed by atoms with van der Waals surface area (Å²) in [5.41, 5.74) is 0.964. The van der Waals surface area contributed by atoms with Gasteiger partial charge in [0.15, 0.2) is 4.34 Å². The van der Waals surface area contributed by atoms with Gasteiger partial charge in [0, 0.05) is 16.7 Å². The number of rotatable bonds is 8. The molecule has 0 spiro atoms. The molecular weight excluding hydrogens is 448 g/mol. The molecule has 30 heavy (non-hydrogen) atoms. The molecule has 0 aliphatic rings. The van der Waals surface area contributed by atoms with Crippen LogP contribution in [0.1, 0.15) is 10.4 Å². The number of benzene rings is 2. The molecule has 2 aromatic carbocycles. The molecule has 2 amide bonds. The van der Waals surface area contributed by atoms with Crippen LogP contribution in [0.5, 0.6) is 11.5 Å². The van der Waals surface area contributed by atoms with Crippen molar-refractivity contribution >= 4 is 57.3 Å². The Bertz CT molecular complexity index is 1040. The van der Waals surface area contributed by atoms with Crippen LogP contribution in [0.15, 0.2) is 46.8 Å². The average molecular weight is 465 g/mol. The molecule has 3 aromatic rings. The molecule has 2 N–H and O–H groups in total. The summed E-state index contributed by atoms with van der Waals surface area (Å²) in [5, 5.41) is 14.3. The van der Waals surface area contributed by atoms with Crippen LogP contribution in [0.25, 0.3) is 0 Å². The number of hydrogen-bond acceptors (Lipinski definition) is 8. The predicted octanol–water partition coefficient (Wildman–Crippen LogP) is 4.19. The number of thioether (sulfide) groups is 1. The Morgan fingerprint density at radius 3 is 2.53 bits per heavy atom. The standard InChI is InChI=1S/C19H17ClN4O4S2/c1-27-13-7-8-15(28-2)14(9-13)21-16(25)10-29-19-24-23-18(30-19)22-17(26)11-3-5-12(20)6-4-11/h3-9H,10H2,1-2H3,(H,21,25)(H,22,23,26). The number of amides is 2. The average Bonchev–Trinajstić information content (AvgIpc) is 3.20. The zero-order valence-corrected chi connectivity index (χ0v) is 18.4. The lowest BCUT2D eigenvalue weighted by Crippen LogP contribution is -2.14. The Kier molecular flexibility index (Phi) is 7.50. The molecule has 0 saturated carbocycles. The van der Waals surface area contributed by atoms with E-state index in [2.05, 4.69) is 20.8 Å². The van der Waals surface area contributed by atoms with Crippen LogP contribution in [0, 0.1) is 0 Å². The number of nitrogens with zero attached hydrogens (tertiary/aromatic N) is 2. The van der Waals surface area contributed by atoms with E-state index < -0.39 is 0 Å². The monoisotopic (exact) mass is 464 g/mol. The van der Waals surface area contributed by atoms with Crippen molar-refractivity contribution in [1.29, 1.82) is 0 Å². The number of carbonyl (C=O) groups is 2. The molecule has 0 atom stereocenters. The van der Waals surface area contributed by atoms with Crippen molar-refractivity contribution < 1.29 is 19.1 Å². The lowest BCUT2D eigenvalue weighted by molar-refractivity contribution is -0.113. The molecule has 0 fully saturated rings. The first-order valence-corrected chi connectivity index (χ1v) is 10.7. The van der Waals surface area contributed by atoms with Gasteiger partial charge in [0.25, 0.3) is 5.91 Å². The summed E-state index contributed by atoms with van der Waals surface area (Å²) in [6.07, 6.45) is 0. The van der Waals surface area contributed by atoms with Gasteiger partial charge < -0.3 is 14.8 Å². The van der Waals surface area contributed by atoms with Crippen molar-refractivity contribution in [2.24, 2.45) is 0 Å². The zero-order chi connectivity index (χ0) is 21.5. The van der Waals surface area contributed by atoms with E-state index in [9.17, 15) is 9.59 Å². The Morgan fingerprint density at radius 2 is 1.83 bits per heavy atom. The SMILES string of the molecule is COc1ccc(OC)c(NC(=O)CSc2nnc(NC(=O)c3ccc(Cl)cc3)s2)c1. The predicted molar refractivity (Wildman–Crippen MR) is 118 cm³/mol. The third-order valence-electron chi connectivity index (χ3n) is 3.74. The van der Waals surface area contributed by atoms with Crippen LogP contribution in [0.2, 0.25) is 5.02 Å². The molecule has 0 bridgehead atoms. The lowest BCUT2D eigenvalue weighted by atomic mass is 10.2. The van der Waals surface area contributed by atoms with E-state index in [1.807, 2.05) is 0 Å². The highest BCUT2D eigenvalue weighted by Crippen LogP contribution is 2.30. The van der Waals surface area contributed by atoms with E-state index in [-0.39, 0.29) is 17.6 Å². The van der Waals surface area contributed by atoms with Crippen LogP contribution in [0.4, 0.5) is 10.8 Å². The molecule has 0 aliphatic heterocycles. The minimum atomic E-state index is -0.317. The summed E-state index contributed by atoms with van der Waals surface area (Å²) < 4.78 is 11.0. The second-order valence-electron chi connectivity index (χ2n) is 5.74. The Hall–Kier alpha value is -2.82. The van der Waals surface area contributed by atoms with E-state index in [0.29, 0.717) is 37.2 Å². The fourth-order valence-electron chi connectivity index (χ4n) is 2.31. The smallest absolute Gasteiger partial charge is 0.257 e. The van der Waals surface area contributed by atoms with E-state index in [0.717, 1.165) is 0 Å². The molecule has 3 rings (SSSR count). The molecule has 1 aromatic heterocycles. The minimum Gasteiger partial charge on any atom is -0.497 e. The Morgan fingerprint density at radius 1 is 1.07 bits per heavy atom. The fourth-order valence-corrected chi connectivity index (χ4v) is 3.99.